The summed E-state index contributed by atoms with van der Waals surface area (Å²) in [7, 11) is 0. The second-order valence-corrected chi connectivity index (χ2v) is 12.3. The van der Waals surface area contributed by atoms with Crippen molar-refractivity contribution in [3.8, 4) is 22.9 Å². The highest BCUT2D eigenvalue weighted by atomic mass is 32.1. The predicted octanol–water partition coefficient (Wildman–Crippen LogP) is 6.72. The van der Waals surface area contributed by atoms with E-state index in [1.54, 1.807) is 32.9 Å². The van der Waals surface area contributed by atoms with Crippen LogP contribution in [0.3, 0.4) is 0 Å². The molecule has 0 saturated carbocycles. The summed E-state index contributed by atoms with van der Waals surface area (Å²) < 4.78 is 53.1. The fourth-order valence-electron chi connectivity index (χ4n) is 4.61. The van der Waals surface area contributed by atoms with Gasteiger partial charge in [-0.25, -0.2) is 19.7 Å². The molecule has 4 aromatic rings. The van der Waals surface area contributed by atoms with Crippen LogP contribution in [0.5, 0.6) is 11.6 Å². The van der Waals surface area contributed by atoms with Crippen molar-refractivity contribution in [2.75, 3.05) is 23.7 Å². The minimum Gasteiger partial charge on any atom is -0.444 e. The molecule has 3 amide bonds. The summed E-state index contributed by atoms with van der Waals surface area (Å²) >= 11 is 1.26. The van der Waals surface area contributed by atoms with Gasteiger partial charge < -0.3 is 25.0 Å². The van der Waals surface area contributed by atoms with Gasteiger partial charge in [0.1, 0.15) is 17.4 Å². The van der Waals surface area contributed by atoms with Gasteiger partial charge in [0.15, 0.2) is 10.9 Å². The van der Waals surface area contributed by atoms with Gasteiger partial charge in [-0.15, -0.1) is 0 Å². The average Bonchev–Trinajstić information content (AvgIpc) is 3.60. The molecule has 0 radical (unpaired) electrons. The Kier molecular flexibility index (Phi) is 8.65. The first-order valence-electron chi connectivity index (χ1n) is 13.8. The summed E-state index contributed by atoms with van der Waals surface area (Å²) in [6, 6.07) is 9.60. The Hall–Kier alpha value is -4.79. The third-order valence-electron chi connectivity index (χ3n) is 6.61. The number of hydrogen-bond donors (Lipinski definition) is 2. The van der Waals surface area contributed by atoms with Crippen molar-refractivity contribution in [1.29, 1.82) is 0 Å². The number of alkyl halides is 3. The maximum absolute atomic E-state index is 13.7. The maximum Gasteiger partial charge on any atom is 0.416 e. The number of ether oxygens (including phenoxy) is 2. The standard InChI is InChI=1S/C30H29F3N6O5S/c1-16(40)36-27-38-25-22(6-5-7-23(25)45-27)43-24-13-20(34-15-35-24)19-9-8-18(30(31,32)33)12-21(19)37-26(41)17-10-11-39(14-17)28(42)44-29(2,3)4/h5-9,12-13,15,17H,10-11,14H2,1-4H3,(H,37,41)(H,36,38,40). The zero-order chi connectivity index (χ0) is 32.5. The number of aromatic nitrogens is 3. The van der Waals surface area contributed by atoms with E-state index in [0.717, 1.165) is 16.8 Å². The van der Waals surface area contributed by atoms with Crippen LogP contribution >= 0.6 is 11.3 Å². The number of hydrogen-bond acceptors (Lipinski definition) is 9. The molecular weight excluding hydrogens is 613 g/mol. The molecule has 45 heavy (non-hydrogen) atoms. The van der Waals surface area contributed by atoms with Gasteiger partial charge in [0.05, 0.1) is 27.6 Å². The first kappa shape index (κ1) is 31.6. The van der Waals surface area contributed by atoms with E-state index < -0.39 is 35.3 Å². The second-order valence-electron chi connectivity index (χ2n) is 11.3. The van der Waals surface area contributed by atoms with Crippen LogP contribution in [0, 0.1) is 5.92 Å². The van der Waals surface area contributed by atoms with Gasteiger partial charge in [0, 0.05) is 31.6 Å². The van der Waals surface area contributed by atoms with Crippen LogP contribution in [-0.2, 0) is 20.5 Å². The lowest BCUT2D eigenvalue weighted by Crippen LogP contribution is -2.36. The fourth-order valence-corrected chi connectivity index (χ4v) is 5.54. The van der Waals surface area contributed by atoms with Gasteiger partial charge in [-0.3, -0.25) is 9.59 Å². The smallest absolute Gasteiger partial charge is 0.416 e. The molecule has 2 N–H and O–H groups in total. The third kappa shape index (κ3) is 7.66. The zero-order valence-electron chi connectivity index (χ0n) is 24.7. The predicted molar refractivity (Wildman–Crippen MR) is 161 cm³/mol. The number of halogens is 3. The number of nitrogens with zero attached hydrogens (tertiary/aromatic N) is 4. The largest absolute Gasteiger partial charge is 0.444 e. The Balaban J connectivity index is 1.40. The monoisotopic (exact) mass is 642 g/mol. The van der Waals surface area contributed by atoms with E-state index in [9.17, 15) is 27.6 Å². The van der Waals surface area contributed by atoms with E-state index in [1.807, 2.05) is 6.07 Å². The molecule has 1 unspecified atom stereocenters. The number of benzene rings is 2. The molecule has 1 atom stereocenters. The summed E-state index contributed by atoms with van der Waals surface area (Å²) in [5.41, 5.74) is -0.922. The highest BCUT2D eigenvalue weighted by Crippen LogP contribution is 2.38. The number of amides is 3. The lowest BCUT2D eigenvalue weighted by Gasteiger charge is -2.24. The SMILES string of the molecule is CC(=O)Nc1nc2c(Oc3cc(-c4ccc(C(F)(F)F)cc4NC(=O)C4CCN(C(=O)OC(C)(C)C)C4)ncn3)cccc2s1. The Morgan fingerprint density at radius 1 is 1.04 bits per heavy atom. The number of nitrogens with one attached hydrogen (secondary N) is 2. The Morgan fingerprint density at radius 3 is 2.53 bits per heavy atom. The molecular formula is C30H29F3N6O5S. The lowest BCUT2D eigenvalue weighted by atomic mass is 10.0. The van der Waals surface area contributed by atoms with Gasteiger partial charge in [-0.05, 0) is 51.5 Å². The summed E-state index contributed by atoms with van der Waals surface area (Å²) in [6.07, 6.45) is -3.73. The van der Waals surface area contributed by atoms with Crippen LogP contribution in [0.1, 0.15) is 39.7 Å². The van der Waals surface area contributed by atoms with E-state index in [0.29, 0.717) is 22.8 Å². The van der Waals surface area contributed by atoms with Gasteiger partial charge in [0.25, 0.3) is 0 Å². The normalized spacial score (nSPS) is 15.2. The van der Waals surface area contributed by atoms with Crippen LogP contribution < -0.4 is 15.4 Å². The molecule has 1 fully saturated rings. The van der Waals surface area contributed by atoms with Crippen LogP contribution in [-0.4, -0.2) is 56.5 Å². The molecule has 0 spiro atoms. The van der Waals surface area contributed by atoms with Crippen molar-refractivity contribution < 1.29 is 37.0 Å². The molecule has 2 aromatic carbocycles. The number of likely N-dealkylation sites (tertiary alicyclic amines) is 1. The Labute approximate surface area is 259 Å². The number of anilines is 2. The molecule has 236 valence electrons. The number of rotatable bonds is 6. The Morgan fingerprint density at radius 2 is 1.82 bits per heavy atom. The molecule has 15 heteroatoms. The van der Waals surface area contributed by atoms with Crippen molar-refractivity contribution >= 4 is 50.3 Å². The lowest BCUT2D eigenvalue weighted by molar-refractivity contribution is -0.137. The minimum absolute atomic E-state index is 0.0619. The molecule has 0 aliphatic carbocycles. The summed E-state index contributed by atoms with van der Waals surface area (Å²) in [4.78, 5) is 51.4. The Bertz CT molecular complexity index is 1770. The van der Waals surface area contributed by atoms with Crippen molar-refractivity contribution in [3.05, 3.63) is 54.4 Å². The molecule has 0 bridgehead atoms. The van der Waals surface area contributed by atoms with E-state index in [2.05, 4.69) is 25.6 Å². The van der Waals surface area contributed by atoms with Gasteiger partial charge >= 0.3 is 12.3 Å². The van der Waals surface area contributed by atoms with Crippen molar-refractivity contribution in [2.24, 2.45) is 5.92 Å². The molecule has 1 aliphatic heterocycles. The van der Waals surface area contributed by atoms with Crippen LogP contribution in [0.2, 0.25) is 0 Å². The number of fused-ring (bicyclic) bond motifs is 1. The van der Waals surface area contributed by atoms with Crippen LogP contribution in [0.15, 0.2) is 48.8 Å². The molecule has 2 aromatic heterocycles. The minimum atomic E-state index is -4.67. The van der Waals surface area contributed by atoms with E-state index in [4.69, 9.17) is 9.47 Å². The second kappa shape index (κ2) is 12.3. The molecule has 1 saturated heterocycles. The number of para-hydroxylation sites is 1. The maximum atomic E-state index is 13.7. The van der Waals surface area contributed by atoms with E-state index >= 15 is 0 Å². The first-order valence-corrected chi connectivity index (χ1v) is 14.7. The van der Waals surface area contributed by atoms with Crippen LogP contribution in [0.4, 0.5) is 28.8 Å². The average molecular weight is 643 g/mol. The number of carbonyl (C=O) groups excluding carboxylic acids is 3. The van der Waals surface area contributed by atoms with E-state index in [-0.39, 0.29) is 41.8 Å². The molecule has 3 heterocycles. The highest BCUT2D eigenvalue weighted by Gasteiger charge is 2.35. The van der Waals surface area contributed by atoms with Gasteiger partial charge in [-0.2, -0.15) is 13.2 Å². The third-order valence-corrected chi connectivity index (χ3v) is 7.55. The highest BCUT2D eigenvalue weighted by molar-refractivity contribution is 7.22. The zero-order valence-corrected chi connectivity index (χ0v) is 25.5. The fraction of sp³-hybridized carbons (Fsp3) is 0.333. The van der Waals surface area contributed by atoms with Gasteiger partial charge in [0.2, 0.25) is 17.7 Å². The van der Waals surface area contributed by atoms with Crippen molar-refractivity contribution in [2.45, 2.75) is 45.9 Å². The van der Waals surface area contributed by atoms with Crippen LogP contribution in [0.25, 0.3) is 21.5 Å². The molecule has 5 rings (SSSR count). The topological polar surface area (TPSA) is 136 Å². The van der Waals surface area contributed by atoms with Gasteiger partial charge in [-0.1, -0.05) is 23.5 Å². The number of carbonyl (C=O) groups is 3. The van der Waals surface area contributed by atoms with Crippen molar-refractivity contribution in [1.82, 2.24) is 19.9 Å². The summed E-state index contributed by atoms with van der Waals surface area (Å²) in [6.45, 7) is 6.89. The summed E-state index contributed by atoms with van der Waals surface area (Å²) in [5.74, 6) is -1.07. The molecule has 11 nitrogen and oxygen atoms in total. The summed E-state index contributed by atoms with van der Waals surface area (Å²) in [5, 5.41) is 5.65. The first-order chi connectivity index (χ1) is 21.2. The van der Waals surface area contributed by atoms with E-state index in [1.165, 1.54) is 41.6 Å². The molecule has 1 aliphatic rings. The quantitative estimate of drug-likeness (QED) is 0.237. The van der Waals surface area contributed by atoms with Crippen molar-refractivity contribution in [3.63, 3.8) is 0 Å². The number of thiazole rings is 1.